The Hall–Kier alpha value is -2.28. The summed E-state index contributed by atoms with van der Waals surface area (Å²) in [6.07, 6.45) is 5.83. The van der Waals surface area contributed by atoms with Crippen LogP contribution in [0.3, 0.4) is 0 Å². The number of nitrogens with one attached hydrogen (secondary N) is 1. The van der Waals surface area contributed by atoms with Gasteiger partial charge < -0.3 is 10.1 Å². The number of nitriles is 1. The van der Waals surface area contributed by atoms with Crippen molar-refractivity contribution in [1.29, 1.82) is 5.26 Å². The molecule has 0 radical (unpaired) electrons. The highest BCUT2D eigenvalue weighted by molar-refractivity contribution is 5.68. The van der Waals surface area contributed by atoms with Crippen LogP contribution in [-0.2, 0) is 11.2 Å². The molecular weight excluding hydrogens is 300 g/mol. The summed E-state index contributed by atoms with van der Waals surface area (Å²) in [5, 5.41) is 11.6. The molecule has 1 amide bonds. The Bertz CT molecular complexity index is 622. The number of carbonyl (C=O) groups is 1. The zero-order valence-corrected chi connectivity index (χ0v) is 15.3. The lowest BCUT2D eigenvalue weighted by atomic mass is 9.86. The number of nitrogens with zero attached hydrogens (tertiary/aromatic N) is 1. The molecule has 1 aliphatic rings. The van der Waals surface area contributed by atoms with Crippen molar-refractivity contribution in [2.24, 2.45) is 0 Å². The van der Waals surface area contributed by atoms with Crippen LogP contribution in [0.25, 0.3) is 6.08 Å². The van der Waals surface area contributed by atoms with E-state index in [1.807, 2.05) is 52.8 Å². The van der Waals surface area contributed by atoms with Gasteiger partial charge in [0, 0.05) is 6.08 Å². The maximum Gasteiger partial charge on any atom is 0.408 e. The molecule has 0 saturated heterocycles. The van der Waals surface area contributed by atoms with Crippen LogP contribution in [0.5, 0.6) is 0 Å². The molecular formula is C20H28N2O2. The van der Waals surface area contributed by atoms with Crippen LogP contribution in [0.15, 0.2) is 24.3 Å². The summed E-state index contributed by atoms with van der Waals surface area (Å²) in [6, 6.07) is 8.09. The van der Waals surface area contributed by atoms with Crippen LogP contribution in [-0.4, -0.2) is 11.7 Å². The van der Waals surface area contributed by atoms with Gasteiger partial charge in [0.2, 0.25) is 0 Å². The maximum atomic E-state index is 12.0. The normalized spacial score (nSPS) is 16.4. The lowest BCUT2D eigenvalue weighted by molar-refractivity contribution is 0.0498. The summed E-state index contributed by atoms with van der Waals surface area (Å²) in [5.41, 5.74) is 2.89. The number of benzene rings is 1. The van der Waals surface area contributed by atoms with E-state index in [4.69, 9.17) is 10.00 Å². The SMILES string of the molecule is CC.CC(C)(C)OC(=O)NC1CCCc2cc(/C=C/C#N)ccc21. The molecule has 0 saturated carbocycles. The van der Waals surface area contributed by atoms with Gasteiger partial charge in [-0.1, -0.05) is 32.0 Å². The van der Waals surface area contributed by atoms with Crippen molar-refractivity contribution in [2.45, 2.75) is 65.5 Å². The van der Waals surface area contributed by atoms with Gasteiger partial charge in [-0.25, -0.2) is 4.79 Å². The smallest absolute Gasteiger partial charge is 0.408 e. The monoisotopic (exact) mass is 328 g/mol. The predicted molar refractivity (Wildman–Crippen MR) is 97.5 cm³/mol. The Morgan fingerprint density at radius 1 is 1.38 bits per heavy atom. The number of allylic oxidation sites excluding steroid dienone is 1. The molecule has 4 nitrogen and oxygen atoms in total. The summed E-state index contributed by atoms with van der Waals surface area (Å²) < 4.78 is 5.34. The zero-order valence-electron chi connectivity index (χ0n) is 15.3. The molecule has 1 N–H and O–H groups in total. The molecule has 2 rings (SSSR count). The lowest BCUT2D eigenvalue weighted by Crippen LogP contribution is -2.36. The molecule has 1 aromatic rings. The van der Waals surface area contributed by atoms with Gasteiger partial charge in [-0.2, -0.15) is 5.26 Å². The minimum atomic E-state index is -0.493. The van der Waals surface area contributed by atoms with Gasteiger partial charge in [-0.05, 0) is 62.8 Å². The Balaban J connectivity index is 0.00000139. The van der Waals surface area contributed by atoms with Gasteiger partial charge in [0.05, 0.1) is 12.1 Å². The number of hydrogen-bond acceptors (Lipinski definition) is 3. The maximum absolute atomic E-state index is 12.0. The fraction of sp³-hybridized carbons (Fsp3) is 0.500. The van der Waals surface area contributed by atoms with Crippen LogP contribution >= 0.6 is 0 Å². The van der Waals surface area contributed by atoms with Crippen molar-refractivity contribution in [1.82, 2.24) is 5.32 Å². The molecule has 0 bridgehead atoms. The number of hydrogen-bond donors (Lipinski definition) is 1. The number of aryl methyl sites for hydroxylation is 1. The molecule has 1 aromatic carbocycles. The number of ether oxygens (including phenoxy) is 1. The molecule has 1 unspecified atom stereocenters. The van der Waals surface area contributed by atoms with E-state index in [-0.39, 0.29) is 12.1 Å². The minimum absolute atomic E-state index is 0.00686. The number of alkyl carbamates (subject to hydrolysis) is 1. The topological polar surface area (TPSA) is 62.1 Å². The first kappa shape index (κ1) is 19.8. The van der Waals surface area contributed by atoms with E-state index >= 15 is 0 Å². The Morgan fingerprint density at radius 2 is 2.08 bits per heavy atom. The zero-order chi connectivity index (χ0) is 18.2. The molecule has 130 valence electrons. The second-order valence-electron chi connectivity index (χ2n) is 6.51. The molecule has 0 aliphatic heterocycles. The number of carbonyl (C=O) groups excluding carboxylic acids is 1. The highest BCUT2D eigenvalue weighted by Gasteiger charge is 2.24. The van der Waals surface area contributed by atoms with Crippen molar-refractivity contribution in [3.05, 3.63) is 41.0 Å². The molecule has 0 heterocycles. The van der Waals surface area contributed by atoms with Crippen molar-refractivity contribution in [3.8, 4) is 6.07 Å². The summed E-state index contributed by atoms with van der Waals surface area (Å²) in [6.45, 7) is 9.57. The van der Waals surface area contributed by atoms with Crippen LogP contribution in [0.4, 0.5) is 4.79 Å². The predicted octanol–water partition coefficient (Wildman–Crippen LogP) is 5.15. The van der Waals surface area contributed by atoms with Crippen molar-refractivity contribution >= 4 is 12.2 Å². The van der Waals surface area contributed by atoms with Crippen molar-refractivity contribution < 1.29 is 9.53 Å². The quantitative estimate of drug-likeness (QED) is 0.763. The largest absolute Gasteiger partial charge is 0.444 e. The number of fused-ring (bicyclic) bond motifs is 1. The van der Waals surface area contributed by atoms with Gasteiger partial charge in [-0.15, -0.1) is 0 Å². The fourth-order valence-corrected chi connectivity index (χ4v) is 2.67. The van der Waals surface area contributed by atoms with E-state index in [1.54, 1.807) is 6.08 Å². The summed E-state index contributed by atoms with van der Waals surface area (Å²) in [4.78, 5) is 12.0. The highest BCUT2D eigenvalue weighted by atomic mass is 16.6. The van der Waals surface area contributed by atoms with E-state index in [1.165, 1.54) is 11.6 Å². The Kier molecular flexibility index (Phi) is 7.51. The van der Waals surface area contributed by atoms with Crippen LogP contribution in [0.1, 0.15) is 70.2 Å². The van der Waals surface area contributed by atoms with Gasteiger partial charge in [0.1, 0.15) is 5.60 Å². The van der Waals surface area contributed by atoms with Crippen molar-refractivity contribution in [2.75, 3.05) is 0 Å². The summed E-state index contributed by atoms with van der Waals surface area (Å²) >= 11 is 0. The van der Waals surface area contributed by atoms with Gasteiger partial charge in [0.15, 0.2) is 0 Å². The molecule has 1 atom stereocenters. The molecule has 1 aliphatic carbocycles. The highest BCUT2D eigenvalue weighted by Crippen LogP contribution is 2.31. The second kappa shape index (κ2) is 9.12. The average Bonchev–Trinajstić information content (AvgIpc) is 2.53. The van der Waals surface area contributed by atoms with Gasteiger partial charge in [0.25, 0.3) is 0 Å². The second-order valence-corrected chi connectivity index (χ2v) is 6.51. The first-order valence-corrected chi connectivity index (χ1v) is 8.57. The number of amides is 1. The van der Waals surface area contributed by atoms with E-state index in [2.05, 4.69) is 11.4 Å². The summed E-state index contributed by atoms with van der Waals surface area (Å²) in [5.74, 6) is 0. The van der Waals surface area contributed by atoms with Crippen LogP contribution in [0.2, 0.25) is 0 Å². The fourth-order valence-electron chi connectivity index (χ4n) is 2.67. The molecule has 0 fully saturated rings. The van der Waals surface area contributed by atoms with Gasteiger partial charge >= 0.3 is 6.09 Å². The lowest BCUT2D eigenvalue weighted by Gasteiger charge is -2.28. The average molecular weight is 328 g/mol. The summed E-state index contributed by atoms with van der Waals surface area (Å²) in [7, 11) is 0. The van der Waals surface area contributed by atoms with Gasteiger partial charge in [-0.3, -0.25) is 0 Å². The van der Waals surface area contributed by atoms with Crippen LogP contribution in [0, 0.1) is 11.3 Å². The third-order valence-corrected chi connectivity index (χ3v) is 3.52. The third-order valence-electron chi connectivity index (χ3n) is 3.52. The Labute approximate surface area is 145 Å². The first-order valence-electron chi connectivity index (χ1n) is 8.57. The molecule has 24 heavy (non-hydrogen) atoms. The minimum Gasteiger partial charge on any atom is -0.444 e. The van der Waals surface area contributed by atoms with E-state index < -0.39 is 5.60 Å². The van der Waals surface area contributed by atoms with E-state index in [0.29, 0.717) is 0 Å². The number of rotatable bonds is 2. The third kappa shape index (κ3) is 6.08. The standard InChI is InChI=1S/C18H22N2O2.C2H6/c1-18(2,3)22-17(21)20-16-8-4-7-14-12-13(6-5-11-19)9-10-15(14)16;1-2/h5-6,9-10,12,16H,4,7-8H2,1-3H3,(H,20,21);1-2H3/b6-5+;. The van der Waals surface area contributed by atoms with Crippen molar-refractivity contribution in [3.63, 3.8) is 0 Å². The molecule has 4 heteroatoms. The van der Waals surface area contributed by atoms with Crippen LogP contribution < -0.4 is 5.32 Å². The van der Waals surface area contributed by atoms with E-state index in [9.17, 15) is 4.79 Å². The molecule has 0 aromatic heterocycles. The van der Waals surface area contributed by atoms with E-state index in [0.717, 1.165) is 30.4 Å². The first-order chi connectivity index (χ1) is 11.4. The Morgan fingerprint density at radius 3 is 2.71 bits per heavy atom. The molecule has 0 spiro atoms.